The Hall–Kier alpha value is 0.310. The minimum Gasteiger partial charge on any atom is -0.396 e. The molecule has 82 valence electrons. The van der Waals surface area contributed by atoms with Crippen molar-refractivity contribution in [2.45, 2.75) is 33.1 Å². The summed E-state index contributed by atoms with van der Waals surface area (Å²) in [5.41, 5.74) is 0.575. The molecule has 1 N–H and O–H groups in total. The van der Waals surface area contributed by atoms with Crippen LogP contribution in [0.15, 0.2) is 0 Å². The van der Waals surface area contributed by atoms with Gasteiger partial charge in [-0.05, 0) is 48.2 Å². The van der Waals surface area contributed by atoms with E-state index >= 15 is 0 Å². The molecule has 2 heteroatoms. The normalized spacial score (nSPS) is 39.2. The number of aliphatic hydroxyl groups excluding tert-OH is 1. The lowest BCUT2D eigenvalue weighted by atomic mass is 9.69. The zero-order valence-corrected chi connectivity index (χ0v) is 10.1. The first-order valence-corrected chi connectivity index (χ1v) is 7.00. The van der Waals surface area contributed by atoms with Crippen LogP contribution in [0, 0.1) is 23.2 Å². The number of hydrogen-bond acceptors (Lipinski definition) is 2. The van der Waals surface area contributed by atoms with E-state index in [1.165, 1.54) is 25.0 Å². The molecule has 0 aromatic heterocycles. The van der Waals surface area contributed by atoms with Gasteiger partial charge in [-0.15, -0.1) is 0 Å². The van der Waals surface area contributed by atoms with Crippen molar-refractivity contribution < 1.29 is 5.11 Å². The fourth-order valence-corrected chi connectivity index (χ4v) is 4.84. The van der Waals surface area contributed by atoms with E-state index in [0.29, 0.717) is 12.0 Å². The van der Waals surface area contributed by atoms with Gasteiger partial charge in [0.25, 0.3) is 0 Å². The summed E-state index contributed by atoms with van der Waals surface area (Å²) < 4.78 is 0. The van der Waals surface area contributed by atoms with Gasteiger partial charge in [0.2, 0.25) is 0 Å². The Morgan fingerprint density at radius 3 is 2.71 bits per heavy atom. The average Bonchev–Trinajstić information content (AvgIpc) is 2.67. The standard InChI is InChI=1S/C12H22OS/c1-12(2)10-4-3-9(7-10)11(12)8-14-6-5-13/h9-11,13H,3-8H2,1-2H3. The molecule has 3 unspecified atom stereocenters. The molecule has 0 aliphatic heterocycles. The van der Waals surface area contributed by atoms with Crippen LogP contribution in [-0.2, 0) is 0 Å². The van der Waals surface area contributed by atoms with Gasteiger partial charge >= 0.3 is 0 Å². The third-order valence-electron chi connectivity index (χ3n) is 4.58. The number of thioether (sulfide) groups is 1. The van der Waals surface area contributed by atoms with Crippen molar-refractivity contribution in [2.24, 2.45) is 23.2 Å². The molecule has 1 nitrogen and oxygen atoms in total. The largest absolute Gasteiger partial charge is 0.396 e. The molecule has 2 fully saturated rings. The third-order valence-corrected chi connectivity index (χ3v) is 5.65. The minimum absolute atomic E-state index is 0.339. The summed E-state index contributed by atoms with van der Waals surface area (Å²) in [6, 6.07) is 0. The fourth-order valence-electron chi connectivity index (χ4n) is 3.59. The number of hydrogen-bond donors (Lipinski definition) is 1. The second kappa shape index (κ2) is 4.05. The highest BCUT2D eigenvalue weighted by Gasteiger charge is 2.51. The zero-order valence-electron chi connectivity index (χ0n) is 9.33. The monoisotopic (exact) mass is 214 g/mol. The van der Waals surface area contributed by atoms with Gasteiger partial charge in [-0.2, -0.15) is 11.8 Å². The summed E-state index contributed by atoms with van der Waals surface area (Å²) >= 11 is 1.94. The molecule has 0 amide bonds. The molecule has 2 aliphatic rings. The van der Waals surface area contributed by atoms with Crippen LogP contribution in [-0.4, -0.2) is 23.2 Å². The van der Waals surface area contributed by atoms with Crippen molar-refractivity contribution >= 4 is 11.8 Å². The van der Waals surface area contributed by atoms with Crippen LogP contribution in [0.2, 0.25) is 0 Å². The Bertz CT molecular complexity index is 202. The van der Waals surface area contributed by atoms with Gasteiger partial charge in [-0.1, -0.05) is 13.8 Å². The van der Waals surface area contributed by atoms with Crippen LogP contribution in [0.25, 0.3) is 0 Å². The Labute approximate surface area is 91.7 Å². The van der Waals surface area contributed by atoms with Crippen LogP contribution in [0.4, 0.5) is 0 Å². The topological polar surface area (TPSA) is 20.2 Å². The van der Waals surface area contributed by atoms with Gasteiger partial charge in [0.05, 0.1) is 6.61 Å². The van der Waals surface area contributed by atoms with E-state index in [2.05, 4.69) is 13.8 Å². The average molecular weight is 214 g/mol. The molecule has 0 radical (unpaired) electrons. The van der Waals surface area contributed by atoms with E-state index in [1.54, 1.807) is 0 Å². The highest BCUT2D eigenvalue weighted by Crippen LogP contribution is 2.59. The maximum Gasteiger partial charge on any atom is 0.0521 e. The molecular weight excluding hydrogens is 192 g/mol. The molecule has 0 aromatic rings. The first-order chi connectivity index (χ1) is 6.66. The van der Waals surface area contributed by atoms with E-state index < -0.39 is 0 Å². The Morgan fingerprint density at radius 1 is 1.36 bits per heavy atom. The summed E-state index contributed by atoms with van der Waals surface area (Å²) in [6.07, 6.45) is 4.43. The number of fused-ring (bicyclic) bond motifs is 2. The summed E-state index contributed by atoms with van der Waals surface area (Å²) in [5, 5.41) is 8.78. The van der Waals surface area contributed by atoms with E-state index in [0.717, 1.165) is 23.5 Å². The molecule has 3 atom stereocenters. The molecule has 2 saturated carbocycles. The first-order valence-electron chi connectivity index (χ1n) is 5.85. The maximum atomic E-state index is 8.78. The Kier molecular flexibility index (Phi) is 3.13. The van der Waals surface area contributed by atoms with Gasteiger partial charge in [0.15, 0.2) is 0 Å². The molecule has 2 aliphatic carbocycles. The Balaban J connectivity index is 1.91. The van der Waals surface area contributed by atoms with E-state index in [4.69, 9.17) is 5.11 Å². The lowest BCUT2D eigenvalue weighted by molar-refractivity contribution is 0.141. The SMILES string of the molecule is CC1(C)C2CCC(C2)C1CSCCO. The molecule has 0 heterocycles. The van der Waals surface area contributed by atoms with E-state index in [-0.39, 0.29) is 0 Å². The van der Waals surface area contributed by atoms with Gasteiger partial charge in [-0.3, -0.25) is 0 Å². The highest BCUT2D eigenvalue weighted by molar-refractivity contribution is 7.99. The van der Waals surface area contributed by atoms with Crippen LogP contribution < -0.4 is 0 Å². The number of rotatable bonds is 4. The molecule has 0 spiro atoms. The lowest BCUT2D eigenvalue weighted by Crippen LogP contribution is -2.32. The molecule has 2 rings (SSSR count). The van der Waals surface area contributed by atoms with Crippen molar-refractivity contribution in [2.75, 3.05) is 18.1 Å². The van der Waals surface area contributed by atoms with Gasteiger partial charge in [-0.25, -0.2) is 0 Å². The summed E-state index contributed by atoms with van der Waals surface area (Å²) in [4.78, 5) is 0. The number of aliphatic hydroxyl groups is 1. The predicted octanol–water partition coefficient (Wildman–Crippen LogP) is 2.78. The van der Waals surface area contributed by atoms with Crippen molar-refractivity contribution in [3.63, 3.8) is 0 Å². The molecular formula is C12H22OS. The molecule has 2 bridgehead atoms. The van der Waals surface area contributed by atoms with Crippen LogP contribution >= 0.6 is 11.8 Å². The van der Waals surface area contributed by atoms with Gasteiger partial charge in [0.1, 0.15) is 0 Å². The van der Waals surface area contributed by atoms with Crippen molar-refractivity contribution in [3.8, 4) is 0 Å². The van der Waals surface area contributed by atoms with E-state index in [9.17, 15) is 0 Å². The van der Waals surface area contributed by atoms with Crippen LogP contribution in [0.1, 0.15) is 33.1 Å². The maximum absolute atomic E-state index is 8.78. The van der Waals surface area contributed by atoms with E-state index in [1.807, 2.05) is 11.8 Å². The van der Waals surface area contributed by atoms with Crippen molar-refractivity contribution in [1.29, 1.82) is 0 Å². The summed E-state index contributed by atoms with van der Waals surface area (Å²) in [6.45, 7) is 5.26. The van der Waals surface area contributed by atoms with Crippen LogP contribution in [0.3, 0.4) is 0 Å². The first kappa shape index (κ1) is 10.8. The van der Waals surface area contributed by atoms with Gasteiger partial charge in [0, 0.05) is 5.75 Å². The Morgan fingerprint density at radius 2 is 2.14 bits per heavy atom. The second-order valence-corrected chi connectivity index (χ2v) is 6.65. The summed E-state index contributed by atoms with van der Waals surface area (Å²) in [5.74, 6) is 5.10. The molecule has 0 saturated heterocycles. The zero-order chi connectivity index (χ0) is 10.2. The molecule has 0 aromatic carbocycles. The minimum atomic E-state index is 0.339. The smallest absolute Gasteiger partial charge is 0.0521 e. The van der Waals surface area contributed by atoms with Crippen molar-refractivity contribution in [3.05, 3.63) is 0 Å². The van der Waals surface area contributed by atoms with Crippen LogP contribution in [0.5, 0.6) is 0 Å². The quantitative estimate of drug-likeness (QED) is 0.726. The summed E-state index contributed by atoms with van der Waals surface area (Å²) in [7, 11) is 0. The highest BCUT2D eigenvalue weighted by atomic mass is 32.2. The predicted molar refractivity (Wildman–Crippen MR) is 62.5 cm³/mol. The van der Waals surface area contributed by atoms with Crippen molar-refractivity contribution in [1.82, 2.24) is 0 Å². The lowest BCUT2D eigenvalue weighted by Gasteiger charge is -2.38. The molecule has 14 heavy (non-hydrogen) atoms. The third kappa shape index (κ3) is 1.71. The fraction of sp³-hybridized carbons (Fsp3) is 1.00. The van der Waals surface area contributed by atoms with Gasteiger partial charge < -0.3 is 5.11 Å². The second-order valence-electron chi connectivity index (χ2n) is 5.50.